The number of hydrogen-bond donors (Lipinski definition) is 3. The number of rotatable bonds is 6. The number of aliphatic hydroxyl groups is 2. The van der Waals surface area contributed by atoms with Gasteiger partial charge in [0.05, 0.1) is 31.3 Å². The number of nitro groups is 1. The molecule has 0 atom stereocenters. The van der Waals surface area contributed by atoms with Crippen molar-refractivity contribution in [1.82, 2.24) is 5.32 Å². The first-order valence-corrected chi connectivity index (χ1v) is 5.38. The first kappa shape index (κ1) is 14.9. The van der Waals surface area contributed by atoms with E-state index in [4.69, 9.17) is 14.9 Å². The second-order valence-electron chi connectivity index (χ2n) is 3.68. The average molecular weight is 270 g/mol. The summed E-state index contributed by atoms with van der Waals surface area (Å²) in [7, 11) is 1.26. The molecule has 1 aromatic rings. The van der Waals surface area contributed by atoms with Crippen LogP contribution in [0.25, 0.3) is 0 Å². The maximum absolute atomic E-state index is 11.8. The minimum Gasteiger partial charge on any atom is -0.490 e. The van der Waals surface area contributed by atoms with Crippen LogP contribution in [0.15, 0.2) is 18.2 Å². The van der Waals surface area contributed by atoms with Gasteiger partial charge >= 0.3 is 5.69 Å². The highest BCUT2D eigenvalue weighted by Crippen LogP contribution is 2.27. The monoisotopic (exact) mass is 270 g/mol. The van der Waals surface area contributed by atoms with Crippen LogP contribution in [0.5, 0.6) is 5.75 Å². The predicted octanol–water partition coefficient (Wildman–Crippen LogP) is -0.314. The lowest BCUT2D eigenvalue weighted by Gasteiger charge is -2.13. The van der Waals surface area contributed by atoms with Crippen LogP contribution in [-0.4, -0.2) is 47.4 Å². The zero-order valence-electron chi connectivity index (χ0n) is 10.2. The Hall–Kier alpha value is -2.19. The highest BCUT2D eigenvalue weighted by atomic mass is 16.6. The van der Waals surface area contributed by atoms with E-state index in [1.807, 2.05) is 0 Å². The van der Waals surface area contributed by atoms with Gasteiger partial charge in [0.1, 0.15) is 0 Å². The van der Waals surface area contributed by atoms with Gasteiger partial charge in [0, 0.05) is 17.7 Å². The van der Waals surface area contributed by atoms with Crippen LogP contribution in [0, 0.1) is 10.1 Å². The number of nitrogens with one attached hydrogen (secondary N) is 1. The first-order chi connectivity index (χ1) is 9.03. The van der Waals surface area contributed by atoms with E-state index in [9.17, 15) is 14.9 Å². The number of carbonyl (C=O) groups excluding carboxylic acids is 1. The third kappa shape index (κ3) is 3.63. The largest absolute Gasteiger partial charge is 0.490 e. The smallest absolute Gasteiger partial charge is 0.310 e. The number of benzene rings is 1. The molecule has 0 aliphatic heterocycles. The summed E-state index contributed by atoms with van der Waals surface area (Å²) in [6.07, 6.45) is 0. The van der Waals surface area contributed by atoms with Gasteiger partial charge in [-0.05, 0) is 6.07 Å². The first-order valence-electron chi connectivity index (χ1n) is 5.38. The van der Waals surface area contributed by atoms with E-state index in [-0.39, 0.29) is 17.0 Å². The summed E-state index contributed by atoms with van der Waals surface area (Å²) in [5, 5.41) is 30.8. The summed E-state index contributed by atoms with van der Waals surface area (Å²) in [5.41, 5.74) is -0.116. The summed E-state index contributed by atoms with van der Waals surface area (Å²) in [6.45, 7) is -0.821. The molecule has 0 aromatic heterocycles. The lowest BCUT2D eigenvalue weighted by atomic mass is 10.1. The zero-order valence-corrected chi connectivity index (χ0v) is 10.2. The number of amides is 1. The molecule has 0 fully saturated rings. The summed E-state index contributed by atoms with van der Waals surface area (Å²) < 4.78 is 4.83. The average Bonchev–Trinajstić information content (AvgIpc) is 2.43. The van der Waals surface area contributed by atoms with Gasteiger partial charge in [0.25, 0.3) is 5.91 Å². The van der Waals surface area contributed by atoms with E-state index in [2.05, 4.69) is 5.32 Å². The van der Waals surface area contributed by atoms with Crippen molar-refractivity contribution in [3.63, 3.8) is 0 Å². The number of carbonyl (C=O) groups is 1. The van der Waals surface area contributed by atoms with Crippen molar-refractivity contribution >= 4 is 11.6 Å². The van der Waals surface area contributed by atoms with Gasteiger partial charge in [0.2, 0.25) is 0 Å². The molecule has 0 saturated heterocycles. The molecule has 0 aliphatic carbocycles. The Bertz CT molecular complexity index is 472. The molecule has 8 nitrogen and oxygen atoms in total. The van der Waals surface area contributed by atoms with Crippen LogP contribution in [0.2, 0.25) is 0 Å². The molecule has 3 N–H and O–H groups in total. The number of methoxy groups -OCH3 is 1. The highest BCUT2D eigenvalue weighted by molar-refractivity contribution is 5.95. The Balaban J connectivity index is 2.96. The predicted molar refractivity (Wildman–Crippen MR) is 65.1 cm³/mol. The van der Waals surface area contributed by atoms with Crippen LogP contribution >= 0.6 is 0 Å². The number of ether oxygens (including phenoxy) is 1. The summed E-state index contributed by atoms with van der Waals surface area (Å²) in [4.78, 5) is 21.8. The van der Waals surface area contributed by atoms with Gasteiger partial charge in [-0.25, -0.2) is 0 Å². The fourth-order valence-electron chi connectivity index (χ4n) is 1.39. The summed E-state index contributed by atoms with van der Waals surface area (Å²) in [6, 6.07) is 2.86. The molecule has 1 aromatic carbocycles. The molecular formula is C11H14N2O6. The van der Waals surface area contributed by atoms with Crippen LogP contribution in [0.1, 0.15) is 10.4 Å². The van der Waals surface area contributed by atoms with Crippen LogP contribution in [0.3, 0.4) is 0 Å². The Morgan fingerprint density at radius 3 is 2.58 bits per heavy atom. The molecule has 0 unspecified atom stereocenters. The number of aliphatic hydroxyl groups excluding tert-OH is 2. The van der Waals surface area contributed by atoms with Crippen molar-refractivity contribution in [1.29, 1.82) is 0 Å². The number of nitrogens with zero attached hydrogens (tertiary/aromatic N) is 1. The van der Waals surface area contributed by atoms with Gasteiger partial charge < -0.3 is 20.3 Å². The molecule has 0 heterocycles. The lowest BCUT2D eigenvalue weighted by Crippen LogP contribution is -2.40. The van der Waals surface area contributed by atoms with Gasteiger partial charge in [-0.15, -0.1) is 0 Å². The van der Waals surface area contributed by atoms with E-state index >= 15 is 0 Å². The molecule has 0 bridgehead atoms. The van der Waals surface area contributed by atoms with E-state index < -0.39 is 30.1 Å². The fraction of sp³-hybridized carbons (Fsp3) is 0.364. The van der Waals surface area contributed by atoms with Crippen LogP contribution < -0.4 is 10.1 Å². The molecule has 0 aliphatic rings. The molecule has 1 rings (SSSR count). The third-order valence-corrected chi connectivity index (χ3v) is 2.41. The SMILES string of the molecule is COc1cc(C(=O)NC(CO)CO)ccc1[N+](=O)[O-]. The third-order valence-electron chi connectivity index (χ3n) is 2.41. The maximum atomic E-state index is 11.8. The second-order valence-corrected chi connectivity index (χ2v) is 3.68. The minimum atomic E-state index is -0.784. The fourth-order valence-corrected chi connectivity index (χ4v) is 1.39. The quantitative estimate of drug-likeness (QED) is 0.481. The van der Waals surface area contributed by atoms with E-state index in [1.165, 1.54) is 19.2 Å². The van der Waals surface area contributed by atoms with Crippen molar-refractivity contribution in [2.75, 3.05) is 20.3 Å². The molecule has 1 amide bonds. The van der Waals surface area contributed by atoms with Crippen molar-refractivity contribution < 1.29 is 24.7 Å². The van der Waals surface area contributed by atoms with E-state index in [0.29, 0.717) is 0 Å². The highest BCUT2D eigenvalue weighted by Gasteiger charge is 2.18. The van der Waals surface area contributed by atoms with Gasteiger partial charge in [-0.1, -0.05) is 0 Å². The maximum Gasteiger partial charge on any atom is 0.310 e. The van der Waals surface area contributed by atoms with Crippen molar-refractivity contribution in [3.8, 4) is 5.75 Å². The van der Waals surface area contributed by atoms with Crippen LogP contribution in [-0.2, 0) is 0 Å². The molecule has 104 valence electrons. The number of hydrogen-bond acceptors (Lipinski definition) is 6. The molecule has 0 saturated carbocycles. The number of nitro benzene ring substituents is 1. The minimum absolute atomic E-state index is 0.0396. The van der Waals surface area contributed by atoms with Gasteiger partial charge in [-0.2, -0.15) is 0 Å². The van der Waals surface area contributed by atoms with Gasteiger partial charge in [0.15, 0.2) is 5.75 Å². The normalized spacial score (nSPS) is 10.3. The molecule has 19 heavy (non-hydrogen) atoms. The molecule has 8 heteroatoms. The standard InChI is InChI=1S/C11H14N2O6/c1-19-10-4-7(2-3-9(10)13(17)18)11(16)12-8(5-14)6-15/h2-4,8,14-15H,5-6H2,1H3,(H,12,16). The second kappa shape index (κ2) is 6.66. The Morgan fingerprint density at radius 1 is 1.47 bits per heavy atom. The van der Waals surface area contributed by atoms with Crippen LogP contribution in [0.4, 0.5) is 5.69 Å². The van der Waals surface area contributed by atoms with Crippen molar-refractivity contribution in [2.24, 2.45) is 0 Å². The Kier molecular flexibility index (Phi) is 5.22. The Labute approximate surface area is 108 Å². The Morgan fingerprint density at radius 2 is 2.11 bits per heavy atom. The molecule has 0 radical (unpaired) electrons. The topological polar surface area (TPSA) is 122 Å². The summed E-state index contributed by atoms with van der Waals surface area (Å²) in [5.74, 6) is -0.608. The van der Waals surface area contributed by atoms with Crippen molar-refractivity contribution in [3.05, 3.63) is 33.9 Å². The van der Waals surface area contributed by atoms with E-state index in [1.54, 1.807) is 0 Å². The van der Waals surface area contributed by atoms with Crippen molar-refractivity contribution in [2.45, 2.75) is 6.04 Å². The zero-order chi connectivity index (χ0) is 14.4. The molecular weight excluding hydrogens is 256 g/mol. The van der Waals surface area contributed by atoms with E-state index in [0.717, 1.165) is 6.07 Å². The summed E-state index contributed by atoms with van der Waals surface area (Å²) >= 11 is 0. The lowest BCUT2D eigenvalue weighted by molar-refractivity contribution is -0.385. The molecule has 0 spiro atoms. The van der Waals surface area contributed by atoms with Gasteiger partial charge in [-0.3, -0.25) is 14.9 Å².